The summed E-state index contributed by atoms with van der Waals surface area (Å²) in [6, 6.07) is 17.6. The molecule has 34 heavy (non-hydrogen) atoms. The van der Waals surface area contributed by atoms with Crippen LogP contribution in [0, 0.1) is 0 Å². The van der Waals surface area contributed by atoms with Crippen LogP contribution < -0.4 is 10.2 Å². The third-order valence-corrected chi connectivity index (χ3v) is 6.29. The number of carbonyl (C=O) groups is 2. The molecule has 3 aromatic rings. The number of furan rings is 1. The lowest BCUT2D eigenvalue weighted by Crippen LogP contribution is -2.34. The van der Waals surface area contributed by atoms with Crippen LogP contribution in [0.4, 0.5) is 5.69 Å². The molecule has 0 radical (unpaired) electrons. The molecule has 7 nitrogen and oxygen atoms in total. The summed E-state index contributed by atoms with van der Waals surface area (Å²) < 4.78 is 11.9. The largest absolute Gasteiger partial charge is 0.494 e. The smallest absolute Gasteiger partial charge is 0.337 e. The van der Waals surface area contributed by atoms with Crippen LogP contribution in [0.2, 0.25) is 0 Å². The zero-order valence-electron chi connectivity index (χ0n) is 18.3. The molecule has 2 N–H and O–H groups in total. The number of nitrogens with zero attached hydrogens (tertiary/aromatic N) is 1. The van der Waals surface area contributed by atoms with Gasteiger partial charge in [-0.05, 0) is 67.2 Å². The average Bonchev–Trinajstić information content (AvgIpc) is 3.40. The number of amides is 1. The summed E-state index contributed by atoms with van der Waals surface area (Å²) >= 11 is 6.43. The van der Waals surface area contributed by atoms with Gasteiger partial charge in [-0.2, -0.15) is 0 Å². The molecule has 0 spiro atoms. The molecule has 0 saturated carbocycles. The van der Waals surface area contributed by atoms with E-state index in [1.54, 1.807) is 30.3 Å². The normalized spacial score (nSPS) is 14.6. The van der Waals surface area contributed by atoms with Gasteiger partial charge in [0.05, 0.1) is 22.8 Å². The topological polar surface area (TPSA) is 92.0 Å². The highest BCUT2D eigenvalue weighted by molar-refractivity contribution is 8.26. The summed E-state index contributed by atoms with van der Waals surface area (Å²) in [6.07, 6.45) is 3.71. The standard InChI is InChI=1S/C25H22N2O5S2/c1-2-3-14-31-17-10-8-16(9-11-17)21-13-12-18(32-21)15-22-23(28)27(25(33)34-22)26-20-7-5-4-6-19(20)24(29)30/h4-13,15,26H,2-3,14H2,1H3,(H,29,30). The number of thiocarbonyl (C=S) groups is 1. The quantitative estimate of drug-likeness (QED) is 0.211. The van der Waals surface area contributed by atoms with Gasteiger partial charge in [-0.3, -0.25) is 10.2 Å². The van der Waals surface area contributed by atoms with Gasteiger partial charge in [0, 0.05) is 11.6 Å². The summed E-state index contributed by atoms with van der Waals surface area (Å²) in [5.74, 6) is 0.485. The summed E-state index contributed by atoms with van der Waals surface area (Å²) in [5, 5.41) is 10.5. The molecule has 4 rings (SSSR count). The number of unbranched alkanes of at least 4 members (excludes halogenated alkanes) is 1. The van der Waals surface area contributed by atoms with Crippen molar-refractivity contribution in [1.82, 2.24) is 5.01 Å². The van der Waals surface area contributed by atoms with E-state index in [0.717, 1.165) is 40.9 Å². The molecule has 0 bridgehead atoms. The lowest BCUT2D eigenvalue weighted by molar-refractivity contribution is -0.121. The molecule has 1 saturated heterocycles. The van der Waals surface area contributed by atoms with Crippen LogP contribution in [0.15, 0.2) is 70.0 Å². The number of nitrogens with one attached hydrogen (secondary N) is 1. The highest BCUT2D eigenvalue weighted by atomic mass is 32.2. The van der Waals surface area contributed by atoms with Gasteiger partial charge in [0.1, 0.15) is 17.3 Å². The number of aromatic carboxylic acids is 1. The van der Waals surface area contributed by atoms with Gasteiger partial charge in [-0.15, -0.1) is 0 Å². The maximum absolute atomic E-state index is 12.9. The van der Waals surface area contributed by atoms with E-state index in [1.807, 2.05) is 30.3 Å². The van der Waals surface area contributed by atoms with E-state index in [2.05, 4.69) is 12.3 Å². The molecule has 174 valence electrons. The summed E-state index contributed by atoms with van der Waals surface area (Å²) in [4.78, 5) is 24.7. The minimum Gasteiger partial charge on any atom is -0.494 e. The second kappa shape index (κ2) is 10.6. The lowest BCUT2D eigenvalue weighted by atomic mass is 10.2. The molecule has 9 heteroatoms. The molecule has 1 fully saturated rings. The van der Waals surface area contributed by atoms with Crippen LogP contribution in [-0.2, 0) is 4.79 Å². The average molecular weight is 495 g/mol. The molecule has 0 aliphatic carbocycles. The van der Waals surface area contributed by atoms with Gasteiger partial charge in [-0.1, -0.05) is 37.2 Å². The van der Waals surface area contributed by atoms with Crippen molar-refractivity contribution in [3.05, 3.63) is 76.9 Å². The molecule has 1 amide bonds. The Bertz CT molecular complexity index is 1250. The van der Waals surface area contributed by atoms with E-state index < -0.39 is 5.97 Å². The van der Waals surface area contributed by atoms with Crippen molar-refractivity contribution in [3.8, 4) is 17.1 Å². The number of rotatable bonds is 9. The van der Waals surface area contributed by atoms with Crippen LogP contribution in [0.25, 0.3) is 17.4 Å². The SMILES string of the molecule is CCCCOc1ccc(-c2ccc(C=C3SC(=S)N(Nc4ccccc4C(=O)O)C3=O)o2)cc1. The Labute approximate surface area is 206 Å². The van der Waals surface area contributed by atoms with Gasteiger partial charge < -0.3 is 14.3 Å². The molecule has 1 aliphatic rings. The number of benzene rings is 2. The minimum absolute atomic E-state index is 0.0398. The summed E-state index contributed by atoms with van der Waals surface area (Å²) in [5.41, 5.74) is 4.02. The second-order valence-corrected chi connectivity index (χ2v) is 9.08. The van der Waals surface area contributed by atoms with Crippen LogP contribution >= 0.6 is 24.0 Å². The fourth-order valence-corrected chi connectivity index (χ4v) is 4.38. The van der Waals surface area contributed by atoms with E-state index in [9.17, 15) is 14.7 Å². The van der Waals surface area contributed by atoms with Crippen molar-refractivity contribution in [2.45, 2.75) is 19.8 Å². The number of hydrazine groups is 1. The number of anilines is 1. The Morgan fingerprint density at radius 1 is 1.18 bits per heavy atom. The number of hydrogen-bond donors (Lipinski definition) is 2. The number of carbonyl (C=O) groups excluding carboxylic acids is 1. The van der Waals surface area contributed by atoms with Crippen LogP contribution in [0.3, 0.4) is 0 Å². The Balaban J connectivity index is 1.47. The minimum atomic E-state index is -1.10. The molecule has 1 aliphatic heterocycles. The first-order valence-corrected chi connectivity index (χ1v) is 11.9. The van der Waals surface area contributed by atoms with Crippen molar-refractivity contribution >= 4 is 51.9 Å². The first-order valence-electron chi connectivity index (χ1n) is 10.7. The molecule has 2 heterocycles. The van der Waals surface area contributed by atoms with Gasteiger partial charge in [0.2, 0.25) is 0 Å². The molecule has 0 atom stereocenters. The predicted octanol–water partition coefficient (Wildman–Crippen LogP) is 6.05. The molecule has 1 aromatic heterocycles. The van der Waals surface area contributed by atoms with Crippen molar-refractivity contribution in [1.29, 1.82) is 0 Å². The Morgan fingerprint density at radius 2 is 1.94 bits per heavy atom. The van der Waals surface area contributed by atoms with E-state index in [4.69, 9.17) is 21.4 Å². The van der Waals surface area contributed by atoms with Crippen molar-refractivity contribution in [2.24, 2.45) is 0 Å². The maximum Gasteiger partial charge on any atom is 0.337 e. The van der Waals surface area contributed by atoms with Crippen LogP contribution in [0.5, 0.6) is 5.75 Å². The number of thioether (sulfide) groups is 1. The van der Waals surface area contributed by atoms with Crippen molar-refractivity contribution in [3.63, 3.8) is 0 Å². The zero-order valence-corrected chi connectivity index (χ0v) is 19.9. The maximum atomic E-state index is 12.9. The molecule has 0 unspecified atom stereocenters. The van der Waals surface area contributed by atoms with Crippen LogP contribution in [-0.4, -0.2) is 32.9 Å². The van der Waals surface area contributed by atoms with E-state index in [-0.39, 0.29) is 21.5 Å². The molecular formula is C25H22N2O5S2. The first kappa shape index (κ1) is 23.6. The summed E-state index contributed by atoms with van der Waals surface area (Å²) in [6.45, 7) is 2.81. The molecule has 2 aromatic carbocycles. The third kappa shape index (κ3) is 5.32. The number of carboxylic acids is 1. The third-order valence-electron chi connectivity index (χ3n) is 4.99. The highest BCUT2D eigenvalue weighted by Crippen LogP contribution is 2.34. The number of carboxylic acid groups (broad SMARTS) is 1. The van der Waals surface area contributed by atoms with Gasteiger partial charge in [-0.25, -0.2) is 9.80 Å². The van der Waals surface area contributed by atoms with Crippen LogP contribution in [0.1, 0.15) is 35.9 Å². The van der Waals surface area contributed by atoms with Gasteiger partial charge >= 0.3 is 5.97 Å². The monoisotopic (exact) mass is 494 g/mol. The fraction of sp³-hybridized carbons (Fsp3) is 0.160. The van der Waals surface area contributed by atoms with E-state index >= 15 is 0 Å². The predicted molar refractivity (Wildman–Crippen MR) is 137 cm³/mol. The Morgan fingerprint density at radius 3 is 2.68 bits per heavy atom. The summed E-state index contributed by atoms with van der Waals surface area (Å²) in [7, 11) is 0. The van der Waals surface area contributed by atoms with Crippen molar-refractivity contribution in [2.75, 3.05) is 12.0 Å². The Kier molecular flexibility index (Phi) is 7.34. The highest BCUT2D eigenvalue weighted by Gasteiger charge is 2.33. The fourth-order valence-electron chi connectivity index (χ4n) is 3.22. The molecular weight excluding hydrogens is 472 g/mol. The number of ether oxygens (including phenoxy) is 1. The second-order valence-electron chi connectivity index (χ2n) is 7.41. The van der Waals surface area contributed by atoms with E-state index in [1.165, 1.54) is 6.07 Å². The first-order chi connectivity index (χ1) is 16.5. The number of para-hydroxylation sites is 1. The van der Waals surface area contributed by atoms with Gasteiger partial charge in [0.15, 0.2) is 4.32 Å². The number of hydrogen-bond acceptors (Lipinski definition) is 7. The van der Waals surface area contributed by atoms with Crippen molar-refractivity contribution < 1.29 is 23.8 Å². The zero-order chi connectivity index (χ0) is 24.1. The van der Waals surface area contributed by atoms with E-state index in [0.29, 0.717) is 23.0 Å². The lowest BCUT2D eigenvalue weighted by Gasteiger charge is -2.18. The Hall–Kier alpha value is -3.56. The van der Waals surface area contributed by atoms with Gasteiger partial charge in [0.25, 0.3) is 5.91 Å².